The summed E-state index contributed by atoms with van der Waals surface area (Å²) in [6, 6.07) is 1.41. The number of ether oxygens (including phenoxy) is 1. The maximum Gasteiger partial charge on any atom is 0.0733 e. The average molecular weight is 223 g/mol. The fourth-order valence-corrected chi connectivity index (χ4v) is 3.96. The van der Waals surface area contributed by atoms with E-state index in [1.165, 1.54) is 44.9 Å². The number of hydrogen-bond donors (Lipinski definition) is 1. The smallest absolute Gasteiger partial charge is 0.0733 e. The molecule has 3 rings (SSSR count). The molecule has 0 aromatic rings. The Morgan fingerprint density at radius 3 is 2.69 bits per heavy atom. The zero-order chi connectivity index (χ0) is 11.2. The molecule has 3 fully saturated rings. The van der Waals surface area contributed by atoms with Gasteiger partial charge in [0.15, 0.2) is 0 Å². The maximum atomic E-state index is 5.92. The van der Waals surface area contributed by atoms with Crippen LogP contribution in [0.2, 0.25) is 0 Å². The van der Waals surface area contributed by atoms with Crippen LogP contribution in [0, 0.1) is 5.41 Å². The Balaban J connectivity index is 1.55. The minimum Gasteiger partial charge on any atom is -0.373 e. The molecule has 16 heavy (non-hydrogen) atoms. The van der Waals surface area contributed by atoms with Crippen molar-refractivity contribution in [2.75, 3.05) is 0 Å². The normalized spacial score (nSPS) is 46.1. The molecule has 2 heterocycles. The molecule has 92 valence electrons. The van der Waals surface area contributed by atoms with Crippen molar-refractivity contribution in [1.29, 1.82) is 0 Å². The van der Waals surface area contributed by atoms with Gasteiger partial charge >= 0.3 is 0 Å². The fourth-order valence-electron chi connectivity index (χ4n) is 3.96. The molecule has 1 aliphatic carbocycles. The van der Waals surface area contributed by atoms with Crippen molar-refractivity contribution in [3.8, 4) is 0 Å². The lowest BCUT2D eigenvalue weighted by Gasteiger charge is -2.38. The van der Waals surface area contributed by atoms with Crippen molar-refractivity contribution >= 4 is 0 Å². The van der Waals surface area contributed by atoms with Gasteiger partial charge in [0.25, 0.3) is 0 Å². The van der Waals surface area contributed by atoms with Gasteiger partial charge in [-0.2, -0.15) is 0 Å². The summed E-state index contributed by atoms with van der Waals surface area (Å²) in [6.07, 6.45) is 10.5. The van der Waals surface area contributed by atoms with Crippen molar-refractivity contribution in [3.05, 3.63) is 0 Å². The topological polar surface area (TPSA) is 21.3 Å². The summed E-state index contributed by atoms with van der Waals surface area (Å²) in [5, 5.41) is 3.88. The zero-order valence-corrected chi connectivity index (χ0v) is 10.7. The lowest BCUT2D eigenvalue weighted by atomic mass is 9.75. The number of nitrogens with one attached hydrogen (secondary N) is 1. The van der Waals surface area contributed by atoms with E-state index in [4.69, 9.17) is 4.74 Å². The highest BCUT2D eigenvalue weighted by molar-refractivity contribution is 4.96. The van der Waals surface area contributed by atoms with E-state index in [9.17, 15) is 0 Å². The monoisotopic (exact) mass is 223 g/mol. The Kier molecular flexibility index (Phi) is 2.75. The first-order valence-corrected chi connectivity index (χ1v) is 7.04. The third-order valence-electron chi connectivity index (χ3n) is 4.76. The molecule has 2 nitrogen and oxygen atoms in total. The Hall–Kier alpha value is -0.0800. The Morgan fingerprint density at radius 2 is 2.06 bits per heavy atom. The second-order valence-corrected chi connectivity index (χ2v) is 6.84. The highest BCUT2D eigenvalue weighted by Gasteiger charge is 2.42. The molecule has 0 radical (unpaired) electrons. The molecule has 2 aliphatic heterocycles. The van der Waals surface area contributed by atoms with E-state index in [0.717, 1.165) is 6.04 Å². The van der Waals surface area contributed by atoms with Crippen molar-refractivity contribution in [2.24, 2.45) is 5.41 Å². The van der Waals surface area contributed by atoms with Gasteiger partial charge in [0.2, 0.25) is 0 Å². The Bertz CT molecular complexity index is 263. The van der Waals surface area contributed by atoms with Crippen molar-refractivity contribution < 1.29 is 4.74 Å². The molecule has 0 amide bonds. The van der Waals surface area contributed by atoms with Crippen LogP contribution in [0.4, 0.5) is 0 Å². The highest BCUT2D eigenvalue weighted by atomic mass is 16.5. The molecule has 0 spiro atoms. The van der Waals surface area contributed by atoms with Crippen LogP contribution in [0.25, 0.3) is 0 Å². The molecule has 4 atom stereocenters. The molecule has 3 aliphatic rings. The Morgan fingerprint density at radius 1 is 1.19 bits per heavy atom. The van der Waals surface area contributed by atoms with E-state index in [2.05, 4.69) is 19.2 Å². The SMILES string of the molecule is CC1(C)CCCC(NC2CC3CCC2O3)C1. The summed E-state index contributed by atoms with van der Waals surface area (Å²) in [4.78, 5) is 0. The van der Waals surface area contributed by atoms with Crippen LogP contribution >= 0.6 is 0 Å². The lowest BCUT2D eigenvalue weighted by molar-refractivity contribution is 0.0923. The standard InChI is InChI=1S/C14H25NO/c1-14(2)7-3-4-10(9-14)15-12-8-11-5-6-13(12)16-11/h10-13,15H,3-9H2,1-2H3. The lowest BCUT2D eigenvalue weighted by Crippen LogP contribution is -2.46. The molecule has 2 bridgehead atoms. The third kappa shape index (κ3) is 2.14. The van der Waals surface area contributed by atoms with Crippen LogP contribution in [0.1, 0.15) is 58.8 Å². The number of hydrogen-bond acceptors (Lipinski definition) is 2. The van der Waals surface area contributed by atoms with Gasteiger partial charge in [0, 0.05) is 12.1 Å². The van der Waals surface area contributed by atoms with Crippen LogP contribution in [0.5, 0.6) is 0 Å². The summed E-state index contributed by atoms with van der Waals surface area (Å²) in [7, 11) is 0. The van der Waals surface area contributed by atoms with E-state index >= 15 is 0 Å². The maximum absolute atomic E-state index is 5.92. The van der Waals surface area contributed by atoms with Crippen LogP contribution in [-0.2, 0) is 4.74 Å². The molecule has 1 saturated carbocycles. The van der Waals surface area contributed by atoms with E-state index in [1.54, 1.807) is 0 Å². The summed E-state index contributed by atoms with van der Waals surface area (Å²) < 4.78 is 5.92. The molecule has 0 aromatic carbocycles. The van der Waals surface area contributed by atoms with Gasteiger partial charge in [0.1, 0.15) is 0 Å². The van der Waals surface area contributed by atoms with Crippen molar-refractivity contribution in [3.63, 3.8) is 0 Å². The molecule has 0 aromatic heterocycles. The first-order valence-electron chi connectivity index (χ1n) is 7.04. The van der Waals surface area contributed by atoms with Crippen LogP contribution in [0.3, 0.4) is 0 Å². The van der Waals surface area contributed by atoms with E-state index < -0.39 is 0 Å². The van der Waals surface area contributed by atoms with Gasteiger partial charge in [-0.1, -0.05) is 20.3 Å². The van der Waals surface area contributed by atoms with E-state index in [-0.39, 0.29) is 0 Å². The summed E-state index contributed by atoms with van der Waals surface area (Å²) in [5.41, 5.74) is 0.550. The largest absolute Gasteiger partial charge is 0.373 e. The second kappa shape index (κ2) is 3.99. The highest BCUT2D eigenvalue weighted by Crippen LogP contribution is 2.38. The summed E-state index contributed by atoms with van der Waals surface area (Å²) in [6.45, 7) is 4.83. The molecular weight excluding hydrogens is 198 g/mol. The van der Waals surface area contributed by atoms with Gasteiger partial charge in [0.05, 0.1) is 12.2 Å². The first kappa shape index (κ1) is 11.0. The van der Waals surface area contributed by atoms with Gasteiger partial charge in [-0.05, 0) is 43.9 Å². The first-order chi connectivity index (χ1) is 7.62. The Labute approximate surface area is 99.1 Å². The van der Waals surface area contributed by atoms with E-state index in [0.29, 0.717) is 23.7 Å². The predicted molar refractivity (Wildman–Crippen MR) is 65.5 cm³/mol. The predicted octanol–water partition coefficient (Wildman–Crippen LogP) is 2.86. The third-order valence-corrected chi connectivity index (χ3v) is 4.76. The molecule has 4 unspecified atom stereocenters. The van der Waals surface area contributed by atoms with Gasteiger partial charge in [-0.25, -0.2) is 0 Å². The molecule has 2 heteroatoms. The zero-order valence-electron chi connectivity index (χ0n) is 10.7. The average Bonchev–Trinajstić information content (AvgIpc) is 2.77. The van der Waals surface area contributed by atoms with Crippen molar-refractivity contribution in [1.82, 2.24) is 5.32 Å². The van der Waals surface area contributed by atoms with Crippen molar-refractivity contribution in [2.45, 2.75) is 83.1 Å². The molecular formula is C14H25NO. The summed E-state index contributed by atoms with van der Waals surface area (Å²) in [5.74, 6) is 0. The van der Waals surface area contributed by atoms with Crippen LogP contribution in [0.15, 0.2) is 0 Å². The minimum absolute atomic E-state index is 0.537. The molecule has 1 N–H and O–H groups in total. The van der Waals surface area contributed by atoms with Gasteiger partial charge in [-0.3, -0.25) is 0 Å². The fraction of sp³-hybridized carbons (Fsp3) is 1.00. The van der Waals surface area contributed by atoms with Gasteiger partial charge in [-0.15, -0.1) is 0 Å². The van der Waals surface area contributed by atoms with Crippen LogP contribution < -0.4 is 5.32 Å². The quantitative estimate of drug-likeness (QED) is 0.777. The minimum atomic E-state index is 0.537. The molecule has 2 saturated heterocycles. The van der Waals surface area contributed by atoms with E-state index in [1.807, 2.05) is 0 Å². The second-order valence-electron chi connectivity index (χ2n) is 6.84. The summed E-state index contributed by atoms with van der Waals surface area (Å²) >= 11 is 0. The van der Waals surface area contributed by atoms with Crippen LogP contribution in [-0.4, -0.2) is 24.3 Å². The number of rotatable bonds is 2. The number of fused-ring (bicyclic) bond motifs is 2. The van der Waals surface area contributed by atoms with Gasteiger partial charge < -0.3 is 10.1 Å².